The van der Waals surface area contributed by atoms with E-state index in [-0.39, 0.29) is 18.8 Å². The molecule has 0 heterocycles. The molecule has 0 spiro atoms. The number of aliphatic hydroxyl groups excluding tert-OH is 2. The molecule has 4 nitrogen and oxygen atoms in total. The normalized spacial score (nSPS) is 15.5. The molecule has 0 fully saturated rings. The summed E-state index contributed by atoms with van der Waals surface area (Å²) in [6, 6.07) is -0.619. The van der Waals surface area contributed by atoms with Gasteiger partial charge in [-0.2, -0.15) is 0 Å². The number of carbonyl (C=O) groups is 1. The van der Waals surface area contributed by atoms with Crippen LogP contribution in [0.5, 0.6) is 0 Å². The molecule has 0 saturated heterocycles. The first-order valence-electron chi connectivity index (χ1n) is 3.40. The van der Waals surface area contributed by atoms with Crippen LogP contribution in [0.4, 0.5) is 0 Å². The van der Waals surface area contributed by atoms with Gasteiger partial charge in [0.15, 0.2) is 0 Å². The van der Waals surface area contributed by atoms with E-state index >= 15 is 0 Å². The minimum absolute atomic E-state index is 0.136. The Hall–Kier alpha value is -0.545. The van der Waals surface area contributed by atoms with Crippen molar-refractivity contribution in [3.63, 3.8) is 0 Å². The minimum atomic E-state index is -0.768. The van der Waals surface area contributed by atoms with Crippen LogP contribution in [0.3, 0.4) is 0 Å². The molecule has 0 saturated carbocycles. The molecule has 2 atom stereocenters. The van der Waals surface area contributed by atoms with Gasteiger partial charge in [0, 0.05) is 0 Å². The first kappa shape index (κ1) is 10.5. The monoisotopic (exact) mass is 157 g/mol. The number of aliphatic hydroxyl groups is 2. The van der Waals surface area contributed by atoms with E-state index in [1.807, 2.05) is 0 Å². The maximum Gasteiger partial charge on any atom is 0.211 e. The van der Waals surface area contributed by atoms with E-state index in [0.29, 0.717) is 0 Å². The molecular weight excluding hydrogens is 145 g/mol. The molecule has 0 aliphatic rings. The summed E-state index contributed by atoms with van der Waals surface area (Å²) in [5.41, 5.74) is 0. The van der Waals surface area contributed by atoms with Gasteiger partial charge in [0.1, 0.15) is 0 Å². The van der Waals surface area contributed by atoms with E-state index in [1.54, 1.807) is 0 Å². The van der Waals surface area contributed by atoms with E-state index < -0.39 is 12.1 Å². The summed E-state index contributed by atoms with van der Waals surface area (Å²) >= 11 is 0. The number of hydrogen-bond acceptors (Lipinski definition) is 3. The molecule has 0 aliphatic heterocycles. The van der Waals surface area contributed by atoms with Crippen molar-refractivity contribution in [2.45, 2.75) is 25.4 Å². The largest absolute Gasteiger partial charge is 0.394 e. The molecule has 0 aromatic heterocycles. The van der Waals surface area contributed by atoms with E-state index in [4.69, 9.17) is 18.1 Å². The van der Waals surface area contributed by atoms with Crippen molar-refractivity contribution in [3.8, 4) is 0 Å². The molecule has 62 valence electrons. The zero-order valence-electron chi connectivity index (χ0n) is 6.45. The molecule has 0 aromatic carbocycles. The molecule has 0 rings (SSSR count). The summed E-state index contributed by atoms with van der Waals surface area (Å²) in [7, 11) is 5.00. The van der Waals surface area contributed by atoms with E-state index in [1.165, 1.54) is 6.92 Å². The minimum Gasteiger partial charge on any atom is -0.394 e. The highest BCUT2D eigenvalue weighted by atomic mass is 16.3. The Morgan fingerprint density at radius 2 is 2.27 bits per heavy atom. The Kier molecular flexibility index (Phi) is 4.90. The summed E-state index contributed by atoms with van der Waals surface area (Å²) in [6.45, 7) is 1.20. The van der Waals surface area contributed by atoms with Crippen molar-refractivity contribution >= 4 is 13.8 Å². The van der Waals surface area contributed by atoms with Crippen LogP contribution in [0.1, 0.15) is 6.92 Å². The number of nitrogens with one attached hydrogen (secondary N) is 1. The Balaban J connectivity index is 3.78. The van der Waals surface area contributed by atoms with E-state index in [0.717, 1.165) is 0 Å². The topological polar surface area (TPSA) is 69.6 Å². The average Bonchev–Trinajstić information content (AvgIpc) is 1.99. The van der Waals surface area contributed by atoms with Crippen LogP contribution in [0.2, 0.25) is 6.32 Å². The van der Waals surface area contributed by atoms with Gasteiger partial charge in [0.05, 0.1) is 26.6 Å². The van der Waals surface area contributed by atoms with E-state index in [9.17, 15) is 4.79 Å². The van der Waals surface area contributed by atoms with Crippen molar-refractivity contribution in [1.29, 1.82) is 0 Å². The molecule has 2 radical (unpaired) electrons. The lowest BCUT2D eigenvalue weighted by Gasteiger charge is -2.18. The summed E-state index contributed by atoms with van der Waals surface area (Å²) in [5.74, 6) is -0.384. The summed E-state index contributed by atoms with van der Waals surface area (Å²) < 4.78 is 0. The van der Waals surface area contributed by atoms with Gasteiger partial charge in [-0.1, -0.05) is 0 Å². The van der Waals surface area contributed by atoms with Crippen molar-refractivity contribution in [2.24, 2.45) is 0 Å². The zero-order chi connectivity index (χ0) is 8.85. The van der Waals surface area contributed by atoms with Gasteiger partial charge in [-0.25, -0.2) is 0 Å². The van der Waals surface area contributed by atoms with Gasteiger partial charge < -0.3 is 15.5 Å². The number of hydrogen-bond donors (Lipinski definition) is 3. The van der Waals surface area contributed by atoms with Crippen LogP contribution in [-0.4, -0.2) is 42.7 Å². The molecule has 0 unspecified atom stereocenters. The second-order valence-corrected chi connectivity index (χ2v) is 2.30. The second-order valence-electron chi connectivity index (χ2n) is 2.30. The average molecular weight is 157 g/mol. The van der Waals surface area contributed by atoms with Crippen molar-refractivity contribution in [1.82, 2.24) is 5.32 Å². The van der Waals surface area contributed by atoms with Crippen LogP contribution in [0, 0.1) is 0 Å². The van der Waals surface area contributed by atoms with Crippen molar-refractivity contribution < 1.29 is 15.0 Å². The predicted molar refractivity (Wildman–Crippen MR) is 41.3 cm³/mol. The smallest absolute Gasteiger partial charge is 0.211 e. The van der Waals surface area contributed by atoms with Gasteiger partial charge in [-0.05, 0) is 13.2 Å². The second kappa shape index (κ2) is 5.15. The Morgan fingerprint density at radius 3 is 2.55 bits per heavy atom. The highest BCUT2D eigenvalue weighted by Crippen LogP contribution is 1.91. The number of carbonyl (C=O) groups excluding carboxylic acids is 1. The van der Waals surface area contributed by atoms with Gasteiger partial charge >= 0.3 is 0 Å². The fourth-order valence-corrected chi connectivity index (χ4v) is 0.585. The zero-order valence-corrected chi connectivity index (χ0v) is 6.45. The Morgan fingerprint density at radius 1 is 1.73 bits per heavy atom. The van der Waals surface area contributed by atoms with Crippen LogP contribution >= 0.6 is 0 Å². The lowest BCUT2D eigenvalue weighted by Crippen LogP contribution is -2.44. The SMILES string of the molecule is [B]CC(=O)N[C@H](CO)[C@@H](C)O. The summed E-state index contributed by atoms with van der Waals surface area (Å²) in [6.07, 6.45) is -0.904. The third kappa shape index (κ3) is 4.00. The van der Waals surface area contributed by atoms with Gasteiger partial charge in [-0.15, -0.1) is 0 Å². The van der Waals surface area contributed by atoms with Crippen LogP contribution in [-0.2, 0) is 4.79 Å². The fourth-order valence-electron chi connectivity index (χ4n) is 0.585. The molecular formula is C6H12BNO3. The molecule has 0 aliphatic carbocycles. The first-order chi connectivity index (χ1) is 5.11. The molecule has 1 amide bonds. The number of amides is 1. The summed E-state index contributed by atoms with van der Waals surface area (Å²) in [5, 5.41) is 19.9. The van der Waals surface area contributed by atoms with E-state index in [2.05, 4.69) is 5.32 Å². The lowest BCUT2D eigenvalue weighted by molar-refractivity contribution is -0.120. The third-order valence-electron chi connectivity index (χ3n) is 1.31. The Bertz CT molecular complexity index is 129. The summed E-state index contributed by atoms with van der Waals surface area (Å²) in [4.78, 5) is 10.6. The van der Waals surface area contributed by atoms with Crippen molar-refractivity contribution in [3.05, 3.63) is 0 Å². The molecule has 5 heteroatoms. The molecule has 0 aromatic rings. The Labute approximate surface area is 67.0 Å². The standard InChI is InChI=1S/C6H12BNO3/c1-4(10)5(3-9)8-6(11)2-7/h4-5,9-10H,2-3H2,1H3,(H,8,11)/t4-,5-/m1/s1. The van der Waals surface area contributed by atoms with Crippen LogP contribution in [0.25, 0.3) is 0 Å². The van der Waals surface area contributed by atoms with Crippen LogP contribution < -0.4 is 5.32 Å². The molecule has 3 N–H and O–H groups in total. The highest BCUT2D eigenvalue weighted by Gasteiger charge is 2.14. The van der Waals surface area contributed by atoms with Gasteiger partial charge in [0.2, 0.25) is 5.91 Å². The first-order valence-corrected chi connectivity index (χ1v) is 3.40. The highest BCUT2D eigenvalue weighted by molar-refractivity contribution is 6.19. The van der Waals surface area contributed by atoms with Crippen LogP contribution in [0.15, 0.2) is 0 Å². The van der Waals surface area contributed by atoms with Gasteiger partial charge in [-0.3, -0.25) is 4.79 Å². The maximum absolute atomic E-state index is 10.6. The number of rotatable bonds is 4. The maximum atomic E-state index is 10.6. The predicted octanol–water partition coefficient (Wildman–Crippen LogP) is -1.57. The van der Waals surface area contributed by atoms with Crippen molar-refractivity contribution in [2.75, 3.05) is 6.61 Å². The third-order valence-corrected chi connectivity index (χ3v) is 1.31. The molecule has 11 heavy (non-hydrogen) atoms. The van der Waals surface area contributed by atoms with Gasteiger partial charge in [0.25, 0.3) is 0 Å². The molecule has 0 bridgehead atoms. The fraction of sp³-hybridized carbons (Fsp3) is 0.833. The lowest BCUT2D eigenvalue weighted by atomic mass is 10.0. The quantitative estimate of drug-likeness (QED) is 0.432.